The van der Waals surface area contributed by atoms with Crippen LogP contribution in [0.15, 0.2) is 60.9 Å². The Hall–Kier alpha value is -2.50. The SMILES string of the molecule is CC(Oc1cccc(Cl)c1Cl)C(=O)NC(c1ccccc1)c1nccn1C. The van der Waals surface area contributed by atoms with Gasteiger partial charge in [-0.1, -0.05) is 59.6 Å². The van der Waals surface area contributed by atoms with Gasteiger partial charge in [-0.15, -0.1) is 0 Å². The standard InChI is InChI=1S/C20H19Cl2N3O2/c1-13(27-16-10-6-9-15(21)17(16)22)20(26)24-18(14-7-4-3-5-8-14)19-23-11-12-25(19)2/h3-13,18H,1-2H3,(H,24,26). The molecule has 3 aromatic rings. The van der Waals surface area contributed by atoms with E-state index in [9.17, 15) is 4.79 Å². The lowest BCUT2D eigenvalue weighted by atomic mass is 10.1. The van der Waals surface area contributed by atoms with Crippen molar-refractivity contribution < 1.29 is 9.53 Å². The Morgan fingerprint density at radius 1 is 1.15 bits per heavy atom. The van der Waals surface area contributed by atoms with Crippen LogP contribution in [-0.4, -0.2) is 21.6 Å². The van der Waals surface area contributed by atoms with Gasteiger partial charge >= 0.3 is 0 Å². The average Bonchev–Trinajstić information content (AvgIpc) is 3.09. The lowest BCUT2D eigenvalue weighted by Gasteiger charge is -2.22. The maximum atomic E-state index is 12.8. The summed E-state index contributed by atoms with van der Waals surface area (Å²) in [5, 5.41) is 3.66. The summed E-state index contributed by atoms with van der Waals surface area (Å²) >= 11 is 12.1. The number of benzene rings is 2. The third-order valence-corrected chi connectivity index (χ3v) is 4.93. The minimum atomic E-state index is -0.771. The number of hydrogen-bond acceptors (Lipinski definition) is 3. The Balaban J connectivity index is 1.80. The van der Waals surface area contributed by atoms with Gasteiger partial charge in [-0.25, -0.2) is 4.98 Å². The Kier molecular flexibility index (Phi) is 6.04. The second kappa shape index (κ2) is 8.46. The Bertz CT molecular complexity index is 928. The molecule has 1 N–H and O–H groups in total. The van der Waals surface area contributed by atoms with Gasteiger partial charge in [0.1, 0.15) is 22.6 Å². The second-order valence-electron chi connectivity index (χ2n) is 6.06. The van der Waals surface area contributed by atoms with E-state index < -0.39 is 12.1 Å². The van der Waals surface area contributed by atoms with Gasteiger partial charge in [-0.05, 0) is 24.6 Å². The van der Waals surface area contributed by atoms with Crippen molar-refractivity contribution in [3.8, 4) is 5.75 Å². The smallest absolute Gasteiger partial charge is 0.261 e. The highest BCUT2D eigenvalue weighted by molar-refractivity contribution is 6.42. The maximum Gasteiger partial charge on any atom is 0.261 e. The molecule has 0 saturated carbocycles. The van der Waals surface area contributed by atoms with Crippen molar-refractivity contribution in [3.05, 3.63) is 82.4 Å². The molecule has 2 unspecified atom stereocenters. The van der Waals surface area contributed by atoms with Gasteiger partial charge < -0.3 is 14.6 Å². The number of nitrogens with one attached hydrogen (secondary N) is 1. The summed E-state index contributed by atoms with van der Waals surface area (Å²) in [5.74, 6) is 0.797. The number of rotatable bonds is 6. The summed E-state index contributed by atoms with van der Waals surface area (Å²) < 4.78 is 7.59. The number of halogens is 2. The van der Waals surface area contributed by atoms with Crippen LogP contribution in [-0.2, 0) is 11.8 Å². The molecule has 140 valence electrons. The monoisotopic (exact) mass is 403 g/mol. The highest BCUT2D eigenvalue weighted by Gasteiger charge is 2.24. The van der Waals surface area contributed by atoms with Crippen LogP contribution in [0.25, 0.3) is 0 Å². The van der Waals surface area contributed by atoms with Crippen molar-refractivity contribution in [1.29, 1.82) is 0 Å². The molecule has 7 heteroatoms. The molecular weight excluding hydrogens is 385 g/mol. The van der Waals surface area contributed by atoms with Crippen molar-refractivity contribution in [2.45, 2.75) is 19.1 Å². The summed E-state index contributed by atoms with van der Waals surface area (Å²) in [6.07, 6.45) is 2.76. The fourth-order valence-corrected chi connectivity index (χ4v) is 3.01. The number of amides is 1. The van der Waals surface area contributed by atoms with E-state index in [2.05, 4.69) is 10.3 Å². The molecule has 3 rings (SSSR count). The molecule has 27 heavy (non-hydrogen) atoms. The number of ether oxygens (including phenoxy) is 1. The lowest BCUT2D eigenvalue weighted by Crippen LogP contribution is -2.39. The summed E-state index contributed by atoms with van der Waals surface area (Å²) in [6, 6.07) is 14.3. The molecule has 2 aromatic carbocycles. The molecule has 0 saturated heterocycles. The molecule has 0 bridgehead atoms. The number of aryl methyl sites for hydroxylation is 1. The van der Waals surface area contributed by atoms with Crippen LogP contribution >= 0.6 is 23.2 Å². The Morgan fingerprint density at radius 3 is 2.56 bits per heavy atom. The normalized spacial score (nSPS) is 13.0. The molecule has 0 spiro atoms. The Morgan fingerprint density at radius 2 is 1.89 bits per heavy atom. The first-order valence-corrected chi connectivity index (χ1v) is 9.16. The van der Waals surface area contributed by atoms with E-state index in [0.717, 1.165) is 11.4 Å². The Labute approximate surface area is 167 Å². The lowest BCUT2D eigenvalue weighted by molar-refractivity contribution is -0.127. The van der Waals surface area contributed by atoms with Gasteiger partial charge in [0, 0.05) is 19.4 Å². The van der Waals surface area contributed by atoms with E-state index in [0.29, 0.717) is 10.8 Å². The van der Waals surface area contributed by atoms with Gasteiger partial charge in [0.25, 0.3) is 5.91 Å². The summed E-state index contributed by atoms with van der Waals surface area (Å²) in [4.78, 5) is 17.2. The molecule has 2 atom stereocenters. The molecule has 0 aliphatic heterocycles. The van der Waals surface area contributed by atoms with Crippen molar-refractivity contribution in [3.63, 3.8) is 0 Å². The van der Waals surface area contributed by atoms with Gasteiger partial charge in [-0.2, -0.15) is 0 Å². The van der Waals surface area contributed by atoms with Gasteiger partial charge in [0.05, 0.1) is 5.02 Å². The first-order chi connectivity index (χ1) is 13.0. The molecule has 0 aliphatic rings. The van der Waals surface area contributed by atoms with E-state index in [1.807, 2.05) is 48.1 Å². The van der Waals surface area contributed by atoms with Crippen LogP contribution in [0.1, 0.15) is 24.4 Å². The zero-order valence-corrected chi connectivity index (χ0v) is 16.4. The number of carbonyl (C=O) groups excluding carboxylic acids is 1. The molecule has 0 radical (unpaired) electrons. The van der Waals surface area contributed by atoms with Crippen LogP contribution in [0.5, 0.6) is 5.75 Å². The first kappa shape index (κ1) is 19.3. The minimum absolute atomic E-state index is 0.280. The highest BCUT2D eigenvalue weighted by atomic mass is 35.5. The van der Waals surface area contributed by atoms with E-state index in [4.69, 9.17) is 27.9 Å². The summed E-state index contributed by atoms with van der Waals surface area (Å²) in [6.45, 7) is 1.66. The molecule has 5 nitrogen and oxygen atoms in total. The fourth-order valence-electron chi connectivity index (χ4n) is 2.68. The predicted octanol–water partition coefficient (Wildman–Crippen LogP) is 4.40. The predicted molar refractivity (Wildman–Crippen MR) is 106 cm³/mol. The van der Waals surface area contributed by atoms with Crippen molar-refractivity contribution in [2.24, 2.45) is 7.05 Å². The molecule has 0 aliphatic carbocycles. The maximum absolute atomic E-state index is 12.8. The quantitative estimate of drug-likeness (QED) is 0.663. The van der Waals surface area contributed by atoms with Crippen LogP contribution in [0.3, 0.4) is 0 Å². The topological polar surface area (TPSA) is 56.1 Å². The highest BCUT2D eigenvalue weighted by Crippen LogP contribution is 2.32. The van der Waals surface area contributed by atoms with Crippen LogP contribution in [0.4, 0.5) is 0 Å². The average molecular weight is 404 g/mol. The molecule has 0 fully saturated rings. The zero-order chi connectivity index (χ0) is 19.4. The fraction of sp³-hybridized carbons (Fsp3) is 0.200. The minimum Gasteiger partial charge on any atom is -0.479 e. The van der Waals surface area contributed by atoms with Gasteiger partial charge in [0.2, 0.25) is 0 Å². The summed E-state index contributed by atoms with van der Waals surface area (Å²) in [7, 11) is 1.89. The third-order valence-electron chi connectivity index (χ3n) is 4.13. The van der Waals surface area contributed by atoms with Gasteiger partial charge in [0.15, 0.2) is 6.10 Å². The van der Waals surface area contributed by atoms with E-state index >= 15 is 0 Å². The molecule has 1 aromatic heterocycles. The zero-order valence-electron chi connectivity index (χ0n) is 14.9. The summed E-state index contributed by atoms with van der Waals surface area (Å²) in [5.41, 5.74) is 0.924. The van der Waals surface area contributed by atoms with E-state index in [-0.39, 0.29) is 10.9 Å². The van der Waals surface area contributed by atoms with Crippen molar-refractivity contribution in [2.75, 3.05) is 0 Å². The number of hydrogen-bond donors (Lipinski definition) is 1. The van der Waals surface area contributed by atoms with E-state index in [1.165, 1.54) is 0 Å². The number of imidazole rings is 1. The van der Waals surface area contributed by atoms with Crippen LogP contribution < -0.4 is 10.1 Å². The van der Waals surface area contributed by atoms with Crippen molar-refractivity contribution in [1.82, 2.24) is 14.9 Å². The molecule has 1 heterocycles. The van der Waals surface area contributed by atoms with Crippen molar-refractivity contribution >= 4 is 29.1 Å². The second-order valence-corrected chi connectivity index (χ2v) is 6.85. The van der Waals surface area contributed by atoms with Crippen LogP contribution in [0.2, 0.25) is 10.0 Å². The first-order valence-electron chi connectivity index (χ1n) is 8.40. The van der Waals surface area contributed by atoms with E-state index in [1.54, 1.807) is 31.3 Å². The number of nitrogens with zero attached hydrogens (tertiary/aromatic N) is 2. The van der Waals surface area contributed by atoms with Crippen LogP contribution in [0, 0.1) is 0 Å². The largest absolute Gasteiger partial charge is 0.479 e. The molecule has 1 amide bonds. The number of carbonyl (C=O) groups is 1. The third kappa shape index (κ3) is 4.43. The number of aromatic nitrogens is 2. The van der Waals surface area contributed by atoms with Gasteiger partial charge in [-0.3, -0.25) is 4.79 Å². The molecular formula is C20H19Cl2N3O2.